The summed E-state index contributed by atoms with van der Waals surface area (Å²) in [5, 5.41) is 0. The van der Waals surface area contributed by atoms with Gasteiger partial charge >= 0.3 is 5.97 Å². The second kappa shape index (κ2) is 7.65. The largest absolute Gasteiger partial charge is 0.451 e. The van der Waals surface area contributed by atoms with E-state index in [1.54, 1.807) is 42.5 Å². The molecule has 1 aliphatic heterocycles. The number of sulfone groups is 1. The van der Waals surface area contributed by atoms with Gasteiger partial charge in [0.2, 0.25) is 0 Å². The third-order valence-corrected chi connectivity index (χ3v) is 5.83. The Morgan fingerprint density at radius 2 is 1.85 bits per heavy atom. The second-order valence-corrected chi connectivity index (χ2v) is 8.18. The number of hydrogen-bond donors (Lipinski definition) is 0. The molecule has 0 spiro atoms. The normalized spacial score (nSPS) is 18.2. The van der Waals surface area contributed by atoms with Crippen molar-refractivity contribution in [1.29, 1.82) is 0 Å². The summed E-state index contributed by atoms with van der Waals surface area (Å²) in [4.78, 5) is 30.0. The van der Waals surface area contributed by atoms with E-state index in [1.807, 2.05) is 0 Å². The van der Waals surface area contributed by atoms with Crippen molar-refractivity contribution in [3.05, 3.63) is 60.4 Å². The van der Waals surface area contributed by atoms with Gasteiger partial charge in [-0.1, -0.05) is 24.3 Å². The quantitative estimate of drug-likeness (QED) is 0.736. The van der Waals surface area contributed by atoms with Crippen LogP contribution in [-0.2, 0) is 19.4 Å². The zero-order chi connectivity index (χ0) is 18.6. The summed E-state index contributed by atoms with van der Waals surface area (Å²) in [6, 6.07) is 13.1. The zero-order valence-electron chi connectivity index (χ0n) is 13.9. The van der Waals surface area contributed by atoms with Crippen LogP contribution in [0.2, 0.25) is 0 Å². The molecule has 2 heterocycles. The molecule has 1 aliphatic rings. The molecule has 1 atom stereocenters. The van der Waals surface area contributed by atoms with Crippen LogP contribution in [0.25, 0.3) is 0 Å². The van der Waals surface area contributed by atoms with Crippen molar-refractivity contribution < 1.29 is 22.7 Å². The van der Waals surface area contributed by atoms with Crippen molar-refractivity contribution in [3.8, 4) is 0 Å². The molecule has 0 radical (unpaired) electrons. The Bertz CT molecular complexity index is 884. The molecule has 1 amide bonds. The van der Waals surface area contributed by atoms with E-state index in [1.165, 1.54) is 17.2 Å². The molecule has 2 aromatic rings. The van der Waals surface area contributed by atoms with Gasteiger partial charge in [-0.25, -0.2) is 18.2 Å². The second-order valence-electron chi connectivity index (χ2n) is 5.95. The van der Waals surface area contributed by atoms with Crippen LogP contribution in [-0.4, -0.2) is 49.4 Å². The number of nitrogens with zero attached hydrogens (tertiary/aromatic N) is 2. The highest BCUT2D eigenvalue weighted by Gasteiger charge is 2.35. The number of hydrogen-bond acceptors (Lipinski definition) is 6. The SMILES string of the molecule is O=C(OCC(=O)N(c1ccccc1)[C@H]1CCS(=O)(=O)C1)c1ccccn1. The van der Waals surface area contributed by atoms with Gasteiger partial charge in [0.25, 0.3) is 5.91 Å². The fourth-order valence-electron chi connectivity index (χ4n) is 2.88. The summed E-state index contributed by atoms with van der Waals surface area (Å²) in [5.41, 5.74) is 0.684. The molecular weight excluding hydrogens is 356 g/mol. The van der Waals surface area contributed by atoms with Crippen LogP contribution in [0, 0.1) is 0 Å². The standard InChI is InChI=1S/C18H18N2O5S/c21-17(12-25-18(22)16-8-4-5-10-19-16)20(14-6-2-1-3-7-14)15-9-11-26(23,24)13-15/h1-8,10,15H,9,11-13H2/t15-/m0/s1. The van der Waals surface area contributed by atoms with E-state index in [9.17, 15) is 18.0 Å². The Morgan fingerprint density at radius 1 is 1.12 bits per heavy atom. The maximum Gasteiger partial charge on any atom is 0.357 e. The Balaban J connectivity index is 1.74. The van der Waals surface area contributed by atoms with Gasteiger partial charge in [0, 0.05) is 11.9 Å². The lowest BCUT2D eigenvalue weighted by Gasteiger charge is -2.28. The number of para-hydroxylation sites is 1. The molecule has 7 nitrogen and oxygen atoms in total. The van der Waals surface area contributed by atoms with Crippen LogP contribution in [0.3, 0.4) is 0 Å². The van der Waals surface area contributed by atoms with Gasteiger partial charge < -0.3 is 9.64 Å². The maximum atomic E-state index is 12.7. The van der Waals surface area contributed by atoms with Gasteiger partial charge in [0.05, 0.1) is 17.5 Å². The number of esters is 1. The number of benzene rings is 1. The number of rotatable bonds is 5. The van der Waals surface area contributed by atoms with Crippen LogP contribution in [0.4, 0.5) is 5.69 Å². The lowest BCUT2D eigenvalue weighted by Crippen LogP contribution is -2.43. The molecule has 1 aromatic carbocycles. The zero-order valence-corrected chi connectivity index (χ0v) is 14.8. The van der Waals surface area contributed by atoms with E-state index < -0.39 is 34.4 Å². The van der Waals surface area contributed by atoms with Gasteiger partial charge in [-0.05, 0) is 30.7 Å². The highest BCUT2D eigenvalue weighted by atomic mass is 32.2. The molecule has 3 rings (SSSR count). The molecule has 1 aromatic heterocycles. The maximum absolute atomic E-state index is 12.7. The van der Waals surface area contributed by atoms with E-state index >= 15 is 0 Å². The Morgan fingerprint density at radius 3 is 2.46 bits per heavy atom. The summed E-state index contributed by atoms with van der Waals surface area (Å²) < 4.78 is 28.7. The number of carbonyl (C=O) groups excluding carboxylic acids is 2. The number of carbonyl (C=O) groups is 2. The van der Waals surface area contributed by atoms with Crippen molar-refractivity contribution in [3.63, 3.8) is 0 Å². The minimum Gasteiger partial charge on any atom is -0.451 e. The van der Waals surface area contributed by atoms with Crippen molar-refractivity contribution in [2.75, 3.05) is 23.0 Å². The average molecular weight is 374 g/mol. The molecule has 0 aliphatic carbocycles. The summed E-state index contributed by atoms with van der Waals surface area (Å²) in [5.74, 6) is -1.22. The van der Waals surface area contributed by atoms with Crippen molar-refractivity contribution in [1.82, 2.24) is 4.98 Å². The smallest absolute Gasteiger partial charge is 0.357 e. The van der Waals surface area contributed by atoms with Crippen LogP contribution in [0.1, 0.15) is 16.9 Å². The molecule has 8 heteroatoms. The van der Waals surface area contributed by atoms with E-state index in [2.05, 4.69) is 4.98 Å². The topological polar surface area (TPSA) is 93.6 Å². The predicted octanol–water partition coefficient (Wildman–Crippen LogP) is 1.46. The monoisotopic (exact) mass is 374 g/mol. The van der Waals surface area contributed by atoms with Gasteiger partial charge in [0.15, 0.2) is 16.4 Å². The first-order valence-electron chi connectivity index (χ1n) is 8.12. The van der Waals surface area contributed by atoms with E-state index in [0.717, 1.165) is 0 Å². The summed E-state index contributed by atoms with van der Waals surface area (Å²) >= 11 is 0. The minimum atomic E-state index is -3.17. The molecule has 0 saturated carbocycles. The van der Waals surface area contributed by atoms with Gasteiger partial charge in [-0.3, -0.25) is 4.79 Å². The number of aromatic nitrogens is 1. The van der Waals surface area contributed by atoms with Crippen molar-refractivity contribution in [2.45, 2.75) is 12.5 Å². The number of amides is 1. The van der Waals surface area contributed by atoms with Crippen LogP contribution in [0.15, 0.2) is 54.7 Å². The first kappa shape index (κ1) is 18.1. The Hall–Kier alpha value is -2.74. The number of pyridine rings is 1. The summed E-state index contributed by atoms with van der Waals surface area (Å²) in [7, 11) is -3.17. The third-order valence-electron chi connectivity index (χ3n) is 4.08. The Labute approximate surface area is 151 Å². The van der Waals surface area contributed by atoms with E-state index in [-0.39, 0.29) is 17.2 Å². The van der Waals surface area contributed by atoms with Crippen LogP contribution < -0.4 is 4.90 Å². The number of anilines is 1. The molecular formula is C18H18N2O5S. The Kier molecular flexibility index (Phi) is 5.32. The van der Waals surface area contributed by atoms with Crippen molar-refractivity contribution >= 4 is 27.4 Å². The van der Waals surface area contributed by atoms with E-state index in [4.69, 9.17) is 4.74 Å². The molecule has 0 N–H and O–H groups in total. The van der Waals surface area contributed by atoms with Gasteiger partial charge in [-0.2, -0.15) is 0 Å². The molecule has 136 valence electrons. The fourth-order valence-corrected chi connectivity index (χ4v) is 4.58. The third kappa shape index (κ3) is 4.26. The average Bonchev–Trinajstić information content (AvgIpc) is 3.01. The van der Waals surface area contributed by atoms with Gasteiger partial charge in [0.1, 0.15) is 5.69 Å². The molecule has 1 saturated heterocycles. The molecule has 1 fully saturated rings. The van der Waals surface area contributed by atoms with Crippen LogP contribution in [0.5, 0.6) is 0 Å². The molecule has 0 unspecified atom stereocenters. The van der Waals surface area contributed by atoms with E-state index in [0.29, 0.717) is 12.1 Å². The molecule has 0 bridgehead atoms. The lowest BCUT2D eigenvalue weighted by atomic mass is 10.2. The predicted molar refractivity (Wildman–Crippen MR) is 95.5 cm³/mol. The highest BCUT2D eigenvalue weighted by Crippen LogP contribution is 2.24. The summed E-state index contributed by atoms with van der Waals surface area (Å²) in [6.07, 6.45) is 1.81. The first-order chi connectivity index (χ1) is 12.5. The van der Waals surface area contributed by atoms with Gasteiger partial charge in [-0.15, -0.1) is 0 Å². The van der Waals surface area contributed by atoms with Crippen LogP contribution >= 0.6 is 0 Å². The minimum absolute atomic E-state index is 0.0437. The summed E-state index contributed by atoms with van der Waals surface area (Å²) in [6.45, 7) is -0.485. The fraction of sp³-hybridized carbons (Fsp3) is 0.278. The highest BCUT2D eigenvalue weighted by molar-refractivity contribution is 7.91. The lowest BCUT2D eigenvalue weighted by molar-refractivity contribution is -0.122. The van der Waals surface area contributed by atoms with Crippen molar-refractivity contribution in [2.24, 2.45) is 0 Å². The molecule has 26 heavy (non-hydrogen) atoms. The first-order valence-corrected chi connectivity index (χ1v) is 9.94. The number of ether oxygens (including phenoxy) is 1.